The number of hydrogen-bond donors (Lipinski definition) is 2. The summed E-state index contributed by atoms with van der Waals surface area (Å²) in [6.45, 7) is 3.39. The molecule has 6 heteroatoms. The highest BCUT2D eigenvalue weighted by molar-refractivity contribution is 5.45. The molecule has 2 N–H and O–H groups in total. The number of benzene rings is 1. The lowest BCUT2D eigenvalue weighted by Crippen LogP contribution is -2.45. The van der Waals surface area contributed by atoms with Gasteiger partial charge in [0.2, 0.25) is 6.79 Å². The fraction of sp³-hybridized carbons (Fsp3) is 0.421. The smallest absolute Gasteiger partial charge is 0.231 e. The maximum Gasteiger partial charge on any atom is 0.231 e. The van der Waals surface area contributed by atoms with E-state index >= 15 is 0 Å². The van der Waals surface area contributed by atoms with Gasteiger partial charge in [0.15, 0.2) is 11.5 Å². The molecule has 5 rings (SSSR count). The Morgan fingerprint density at radius 3 is 3.00 bits per heavy atom. The highest BCUT2D eigenvalue weighted by Crippen LogP contribution is 2.39. The van der Waals surface area contributed by atoms with Gasteiger partial charge in [0.25, 0.3) is 0 Å². The molecule has 1 aromatic carbocycles. The summed E-state index contributed by atoms with van der Waals surface area (Å²) in [6, 6.07) is 13.2. The van der Waals surface area contributed by atoms with Crippen LogP contribution >= 0.6 is 0 Å². The van der Waals surface area contributed by atoms with Crippen LogP contribution in [0.25, 0.3) is 0 Å². The number of fused-ring (bicyclic) bond motifs is 2. The zero-order valence-corrected chi connectivity index (χ0v) is 14.0. The number of nitrogens with zero attached hydrogens (tertiary/aromatic N) is 2. The monoisotopic (exact) mass is 338 g/mol. The fourth-order valence-electron chi connectivity index (χ4n) is 4.17. The minimum Gasteiger partial charge on any atom is -0.454 e. The van der Waals surface area contributed by atoms with Gasteiger partial charge in [-0.3, -0.25) is 15.3 Å². The third kappa shape index (κ3) is 2.86. The molecular formula is C19H22N4O2. The van der Waals surface area contributed by atoms with Crippen LogP contribution in [0.3, 0.4) is 0 Å². The number of pyridine rings is 1. The molecule has 25 heavy (non-hydrogen) atoms. The van der Waals surface area contributed by atoms with E-state index < -0.39 is 0 Å². The predicted molar refractivity (Wildman–Crippen MR) is 93.0 cm³/mol. The first kappa shape index (κ1) is 15.1. The Morgan fingerprint density at radius 1 is 1.12 bits per heavy atom. The number of hydrazine groups is 1. The van der Waals surface area contributed by atoms with Crippen molar-refractivity contribution in [2.75, 3.05) is 19.9 Å². The summed E-state index contributed by atoms with van der Waals surface area (Å²) >= 11 is 0. The number of aromatic nitrogens is 1. The first-order valence-corrected chi connectivity index (χ1v) is 8.90. The van der Waals surface area contributed by atoms with Gasteiger partial charge in [-0.05, 0) is 36.2 Å². The average molecular weight is 338 g/mol. The van der Waals surface area contributed by atoms with Crippen LogP contribution in [0.15, 0.2) is 42.6 Å². The minimum atomic E-state index is 0.283. The van der Waals surface area contributed by atoms with E-state index in [1.54, 1.807) is 0 Å². The SMILES string of the molecule is c1ccc(CN2CCC3NNC(c4ccc5c(c4)OCO5)C3C2)nc1. The molecule has 1 aromatic heterocycles. The molecular weight excluding hydrogens is 316 g/mol. The number of rotatable bonds is 3. The molecule has 0 amide bonds. The Labute approximate surface area is 147 Å². The van der Waals surface area contributed by atoms with E-state index in [0.29, 0.717) is 18.8 Å². The van der Waals surface area contributed by atoms with Gasteiger partial charge in [-0.25, -0.2) is 5.43 Å². The van der Waals surface area contributed by atoms with Gasteiger partial charge in [-0.1, -0.05) is 12.1 Å². The molecule has 3 atom stereocenters. The molecule has 0 aliphatic carbocycles. The van der Waals surface area contributed by atoms with Crippen molar-refractivity contribution in [3.63, 3.8) is 0 Å². The lowest BCUT2D eigenvalue weighted by molar-refractivity contribution is 0.146. The van der Waals surface area contributed by atoms with Crippen LogP contribution in [0, 0.1) is 5.92 Å². The molecule has 2 aromatic rings. The van der Waals surface area contributed by atoms with E-state index in [9.17, 15) is 0 Å². The Bertz CT molecular complexity index is 754. The van der Waals surface area contributed by atoms with Crippen LogP contribution in [-0.2, 0) is 6.54 Å². The van der Waals surface area contributed by atoms with Crippen LogP contribution in [0.1, 0.15) is 23.7 Å². The maximum atomic E-state index is 5.55. The molecule has 3 aliphatic rings. The number of ether oxygens (including phenoxy) is 2. The summed E-state index contributed by atoms with van der Waals surface area (Å²) < 4.78 is 11.0. The van der Waals surface area contributed by atoms with E-state index in [-0.39, 0.29) is 6.04 Å². The second-order valence-electron chi connectivity index (χ2n) is 6.99. The fourth-order valence-corrected chi connectivity index (χ4v) is 4.17. The predicted octanol–water partition coefficient (Wildman–Crippen LogP) is 1.85. The largest absolute Gasteiger partial charge is 0.454 e. The van der Waals surface area contributed by atoms with Crippen LogP contribution in [-0.4, -0.2) is 35.8 Å². The van der Waals surface area contributed by atoms with Crippen molar-refractivity contribution in [2.24, 2.45) is 5.92 Å². The third-order valence-corrected chi connectivity index (χ3v) is 5.46. The van der Waals surface area contributed by atoms with Crippen molar-refractivity contribution in [2.45, 2.75) is 25.0 Å². The number of piperidine rings is 1. The lowest BCUT2D eigenvalue weighted by Gasteiger charge is -2.36. The molecule has 4 heterocycles. The Hall–Kier alpha value is -2.15. The van der Waals surface area contributed by atoms with Crippen LogP contribution < -0.4 is 20.3 Å². The summed E-state index contributed by atoms with van der Waals surface area (Å²) in [5.41, 5.74) is 9.39. The number of likely N-dealkylation sites (tertiary alicyclic amines) is 1. The maximum absolute atomic E-state index is 5.55. The molecule has 0 bridgehead atoms. The van der Waals surface area contributed by atoms with Gasteiger partial charge in [0, 0.05) is 37.8 Å². The van der Waals surface area contributed by atoms with Crippen molar-refractivity contribution in [1.29, 1.82) is 0 Å². The van der Waals surface area contributed by atoms with Crippen LogP contribution in [0.2, 0.25) is 0 Å². The molecule has 130 valence electrons. The second-order valence-corrected chi connectivity index (χ2v) is 6.99. The summed E-state index contributed by atoms with van der Waals surface area (Å²) in [4.78, 5) is 6.98. The van der Waals surface area contributed by atoms with Crippen molar-refractivity contribution in [1.82, 2.24) is 20.7 Å². The zero-order valence-electron chi connectivity index (χ0n) is 14.0. The van der Waals surface area contributed by atoms with Crippen molar-refractivity contribution in [3.8, 4) is 11.5 Å². The molecule has 0 radical (unpaired) electrons. The van der Waals surface area contributed by atoms with Gasteiger partial charge in [0.1, 0.15) is 0 Å². The van der Waals surface area contributed by atoms with Crippen LogP contribution in [0.5, 0.6) is 11.5 Å². The van der Waals surface area contributed by atoms with Gasteiger partial charge in [-0.2, -0.15) is 0 Å². The second kappa shape index (κ2) is 6.29. The van der Waals surface area contributed by atoms with Crippen molar-refractivity contribution >= 4 is 0 Å². The first-order chi connectivity index (χ1) is 12.4. The van der Waals surface area contributed by atoms with Gasteiger partial charge in [-0.15, -0.1) is 0 Å². The van der Waals surface area contributed by atoms with Crippen LogP contribution in [0.4, 0.5) is 0 Å². The molecule has 6 nitrogen and oxygen atoms in total. The summed E-state index contributed by atoms with van der Waals surface area (Å²) in [7, 11) is 0. The molecule has 3 aliphatic heterocycles. The summed E-state index contributed by atoms with van der Waals surface area (Å²) in [5.74, 6) is 2.22. The molecule has 0 saturated carbocycles. The molecule has 3 unspecified atom stereocenters. The van der Waals surface area contributed by atoms with Crippen molar-refractivity contribution in [3.05, 3.63) is 53.9 Å². The first-order valence-electron chi connectivity index (χ1n) is 8.90. The van der Waals surface area contributed by atoms with E-state index in [1.165, 1.54) is 5.56 Å². The van der Waals surface area contributed by atoms with E-state index in [4.69, 9.17) is 9.47 Å². The quantitative estimate of drug-likeness (QED) is 0.891. The normalized spacial score (nSPS) is 28.1. The van der Waals surface area contributed by atoms with Crippen molar-refractivity contribution < 1.29 is 9.47 Å². The zero-order chi connectivity index (χ0) is 16.6. The molecule has 0 spiro atoms. The average Bonchev–Trinajstić information content (AvgIpc) is 3.28. The summed E-state index contributed by atoms with van der Waals surface area (Å²) in [5, 5.41) is 0. The highest BCUT2D eigenvalue weighted by Gasteiger charge is 2.40. The standard InChI is InChI=1S/C19H22N4O2/c1-2-7-20-14(3-1)10-23-8-6-16-15(11-23)19(22-21-16)13-4-5-17-18(9-13)25-12-24-17/h1-5,7,9,15-16,19,21-22H,6,8,10-12H2. The Morgan fingerprint density at radius 2 is 2.08 bits per heavy atom. The minimum absolute atomic E-state index is 0.283. The Kier molecular flexibility index (Phi) is 3.81. The Balaban J connectivity index is 1.33. The molecule has 2 fully saturated rings. The lowest BCUT2D eigenvalue weighted by atomic mass is 9.85. The van der Waals surface area contributed by atoms with E-state index in [0.717, 1.165) is 43.2 Å². The van der Waals surface area contributed by atoms with E-state index in [2.05, 4.69) is 45.0 Å². The highest BCUT2D eigenvalue weighted by atomic mass is 16.7. The summed E-state index contributed by atoms with van der Waals surface area (Å²) in [6.07, 6.45) is 3.02. The van der Waals surface area contributed by atoms with E-state index in [1.807, 2.05) is 18.3 Å². The van der Waals surface area contributed by atoms with Gasteiger partial charge < -0.3 is 9.47 Å². The topological polar surface area (TPSA) is 58.7 Å². The van der Waals surface area contributed by atoms with Gasteiger partial charge >= 0.3 is 0 Å². The number of hydrogen-bond acceptors (Lipinski definition) is 6. The van der Waals surface area contributed by atoms with Gasteiger partial charge in [0.05, 0.1) is 11.7 Å². The number of nitrogens with one attached hydrogen (secondary N) is 2. The molecule has 2 saturated heterocycles. The third-order valence-electron chi connectivity index (χ3n) is 5.46.